The van der Waals surface area contributed by atoms with Crippen LogP contribution >= 0.6 is 22.7 Å². The number of hydrogen-bond donors (Lipinski definition) is 1. The second-order valence-electron chi connectivity index (χ2n) is 6.90. The number of carbonyl (C=O) groups excluding carboxylic acids is 1. The van der Waals surface area contributed by atoms with E-state index in [9.17, 15) is 9.18 Å². The van der Waals surface area contributed by atoms with Gasteiger partial charge in [-0.15, -0.1) is 22.7 Å². The van der Waals surface area contributed by atoms with Crippen LogP contribution in [0, 0.1) is 19.7 Å². The Morgan fingerprint density at radius 3 is 2.72 bits per heavy atom. The molecule has 0 atom stereocenters. The largest absolute Gasteiger partial charge is 0.351 e. The van der Waals surface area contributed by atoms with Crippen LogP contribution in [0.4, 0.5) is 4.39 Å². The summed E-state index contributed by atoms with van der Waals surface area (Å²) in [6, 6.07) is 8.07. The molecule has 0 fully saturated rings. The summed E-state index contributed by atoms with van der Waals surface area (Å²) in [6.45, 7) is 4.56. The molecule has 1 amide bonds. The second kappa shape index (κ2) is 8.42. The normalized spacial score (nSPS) is 11.3. The molecule has 0 aliphatic carbocycles. The van der Waals surface area contributed by atoms with Crippen molar-refractivity contribution in [3.8, 4) is 5.69 Å². The van der Waals surface area contributed by atoms with E-state index in [0.717, 1.165) is 51.6 Å². The maximum atomic E-state index is 13.2. The molecule has 0 aliphatic rings. The summed E-state index contributed by atoms with van der Waals surface area (Å²) < 4.78 is 15.0. The van der Waals surface area contributed by atoms with Crippen LogP contribution < -0.4 is 5.32 Å². The average molecular weight is 429 g/mol. The van der Waals surface area contributed by atoms with Crippen molar-refractivity contribution in [2.24, 2.45) is 0 Å². The maximum absolute atomic E-state index is 13.2. The molecule has 29 heavy (non-hydrogen) atoms. The van der Waals surface area contributed by atoms with Gasteiger partial charge in [0.05, 0.1) is 21.3 Å². The topological polar surface area (TPSA) is 59.8 Å². The molecule has 0 bridgehead atoms. The number of thiazole rings is 1. The number of aryl methyl sites for hydroxylation is 3. The molecule has 0 aliphatic heterocycles. The molecule has 3 heterocycles. The van der Waals surface area contributed by atoms with E-state index in [0.29, 0.717) is 11.4 Å². The first-order valence-corrected chi connectivity index (χ1v) is 11.1. The summed E-state index contributed by atoms with van der Waals surface area (Å²) in [6.07, 6.45) is 2.86. The molecule has 150 valence electrons. The van der Waals surface area contributed by atoms with Gasteiger partial charge in [0.1, 0.15) is 10.6 Å². The molecule has 0 unspecified atom stereocenters. The minimum absolute atomic E-state index is 0.0682. The Morgan fingerprint density at radius 1 is 1.21 bits per heavy atom. The monoisotopic (exact) mass is 428 g/mol. The zero-order valence-electron chi connectivity index (χ0n) is 16.2. The summed E-state index contributed by atoms with van der Waals surface area (Å²) in [5.74, 6) is -0.355. The first kappa shape index (κ1) is 19.7. The number of unbranched alkanes of at least 4 members (excludes halogenated alkanes) is 1. The molecular weight excluding hydrogens is 407 g/mol. The van der Waals surface area contributed by atoms with Crippen molar-refractivity contribution < 1.29 is 9.18 Å². The van der Waals surface area contributed by atoms with Gasteiger partial charge in [-0.1, -0.05) is 0 Å². The predicted molar refractivity (Wildman–Crippen MR) is 116 cm³/mol. The summed E-state index contributed by atoms with van der Waals surface area (Å²) >= 11 is 3.09. The highest BCUT2D eigenvalue weighted by Gasteiger charge is 2.17. The van der Waals surface area contributed by atoms with Crippen molar-refractivity contribution in [3.05, 3.63) is 62.8 Å². The highest BCUT2D eigenvalue weighted by Crippen LogP contribution is 2.30. The second-order valence-corrected chi connectivity index (χ2v) is 8.87. The first-order valence-electron chi connectivity index (χ1n) is 9.45. The molecule has 0 spiro atoms. The number of nitrogens with one attached hydrogen (secondary N) is 1. The molecule has 5 nitrogen and oxygen atoms in total. The van der Waals surface area contributed by atoms with Crippen LogP contribution in [-0.2, 0) is 6.42 Å². The van der Waals surface area contributed by atoms with Gasteiger partial charge in [-0.25, -0.2) is 14.1 Å². The van der Waals surface area contributed by atoms with E-state index in [1.54, 1.807) is 28.2 Å². The van der Waals surface area contributed by atoms with Gasteiger partial charge in [0, 0.05) is 23.0 Å². The SMILES string of the molecule is Cc1csc(CCCCNC(=O)c2cc3c(C)nn(-c4ccc(F)cc4)c3s2)n1. The molecule has 0 saturated heterocycles. The van der Waals surface area contributed by atoms with E-state index in [1.165, 1.54) is 23.5 Å². The van der Waals surface area contributed by atoms with Crippen LogP contribution in [-0.4, -0.2) is 27.2 Å². The molecular formula is C21H21FN4OS2. The van der Waals surface area contributed by atoms with E-state index in [-0.39, 0.29) is 11.7 Å². The van der Waals surface area contributed by atoms with E-state index >= 15 is 0 Å². The summed E-state index contributed by atoms with van der Waals surface area (Å²) in [7, 11) is 0. The van der Waals surface area contributed by atoms with E-state index in [2.05, 4.69) is 20.8 Å². The number of halogens is 1. The number of hydrogen-bond acceptors (Lipinski definition) is 5. The van der Waals surface area contributed by atoms with Crippen LogP contribution in [0.5, 0.6) is 0 Å². The molecule has 3 aromatic heterocycles. The number of rotatable bonds is 7. The molecule has 4 aromatic rings. The van der Waals surface area contributed by atoms with Crippen LogP contribution in [0.1, 0.15) is 38.9 Å². The highest BCUT2D eigenvalue weighted by atomic mass is 32.1. The Hall–Kier alpha value is -2.58. The van der Waals surface area contributed by atoms with Gasteiger partial charge in [0.15, 0.2) is 0 Å². The number of benzene rings is 1. The molecule has 8 heteroatoms. The number of fused-ring (bicyclic) bond motifs is 1. The zero-order valence-corrected chi connectivity index (χ0v) is 17.9. The fraction of sp³-hybridized carbons (Fsp3) is 0.286. The summed E-state index contributed by atoms with van der Waals surface area (Å²) in [5, 5.41) is 11.7. The van der Waals surface area contributed by atoms with E-state index in [4.69, 9.17) is 0 Å². The van der Waals surface area contributed by atoms with Crippen molar-refractivity contribution in [2.45, 2.75) is 33.1 Å². The third-order valence-corrected chi connectivity index (χ3v) is 6.74. The van der Waals surface area contributed by atoms with Crippen LogP contribution in [0.3, 0.4) is 0 Å². The highest BCUT2D eigenvalue weighted by molar-refractivity contribution is 7.20. The lowest BCUT2D eigenvalue weighted by Gasteiger charge is -2.03. The van der Waals surface area contributed by atoms with Crippen LogP contribution in [0.25, 0.3) is 15.9 Å². The molecule has 1 N–H and O–H groups in total. The smallest absolute Gasteiger partial charge is 0.261 e. The molecule has 0 saturated carbocycles. The molecule has 4 rings (SSSR count). The number of carbonyl (C=O) groups is 1. The lowest BCUT2D eigenvalue weighted by Crippen LogP contribution is -2.23. The van der Waals surface area contributed by atoms with Gasteiger partial charge < -0.3 is 5.32 Å². The average Bonchev–Trinajstić information content (AvgIpc) is 3.39. The van der Waals surface area contributed by atoms with E-state index in [1.807, 2.05) is 19.9 Å². The molecule has 1 aromatic carbocycles. The Labute approximate surface area is 176 Å². The fourth-order valence-electron chi connectivity index (χ4n) is 3.12. The minimum atomic E-state index is -0.287. The minimum Gasteiger partial charge on any atom is -0.351 e. The Morgan fingerprint density at radius 2 is 2.00 bits per heavy atom. The lowest BCUT2D eigenvalue weighted by atomic mass is 10.2. The summed E-state index contributed by atoms with van der Waals surface area (Å²) in [5.41, 5.74) is 2.69. The van der Waals surface area contributed by atoms with Crippen LogP contribution in [0.2, 0.25) is 0 Å². The van der Waals surface area contributed by atoms with Crippen LogP contribution in [0.15, 0.2) is 35.7 Å². The van der Waals surface area contributed by atoms with Crippen molar-refractivity contribution in [3.63, 3.8) is 0 Å². The lowest BCUT2D eigenvalue weighted by molar-refractivity contribution is 0.0957. The van der Waals surface area contributed by atoms with Crippen molar-refractivity contribution >= 4 is 38.8 Å². The van der Waals surface area contributed by atoms with Gasteiger partial charge in [-0.05, 0) is 63.4 Å². The number of thiophene rings is 1. The summed E-state index contributed by atoms with van der Waals surface area (Å²) in [4.78, 5) is 18.6. The quantitative estimate of drug-likeness (QED) is 0.419. The Bertz CT molecular complexity index is 1140. The standard InChI is InChI=1S/C21H21FN4OS2/c1-13-12-28-19(24-13)5-3-4-10-23-20(27)18-11-17-14(2)25-26(21(17)29-18)16-8-6-15(22)7-9-16/h6-9,11-12H,3-5,10H2,1-2H3,(H,23,27). The van der Waals surface area contributed by atoms with Gasteiger partial charge in [0.2, 0.25) is 0 Å². The number of aromatic nitrogens is 3. The number of nitrogens with zero attached hydrogens (tertiary/aromatic N) is 3. The van der Waals surface area contributed by atoms with Gasteiger partial charge in [0.25, 0.3) is 5.91 Å². The van der Waals surface area contributed by atoms with Crippen molar-refractivity contribution in [1.29, 1.82) is 0 Å². The third-order valence-electron chi connectivity index (χ3n) is 4.61. The van der Waals surface area contributed by atoms with Gasteiger partial charge in [-0.2, -0.15) is 5.10 Å². The van der Waals surface area contributed by atoms with Gasteiger partial charge >= 0.3 is 0 Å². The van der Waals surface area contributed by atoms with Crippen molar-refractivity contribution in [2.75, 3.05) is 6.54 Å². The predicted octanol–water partition coefficient (Wildman–Crippen LogP) is 5.05. The first-order chi connectivity index (χ1) is 14.0. The fourth-order valence-corrected chi connectivity index (χ4v) is 5.04. The van der Waals surface area contributed by atoms with E-state index < -0.39 is 0 Å². The third kappa shape index (κ3) is 4.38. The van der Waals surface area contributed by atoms with Gasteiger partial charge in [-0.3, -0.25) is 4.79 Å². The van der Waals surface area contributed by atoms with Crippen molar-refractivity contribution in [1.82, 2.24) is 20.1 Å². The Balaban J connectivity index is 1.39. The Kier molecular flexibility index (Phi) is 5.73. The maximum Gasteiger partial charge on any atom is 0.261 e. The zero-order chi connectivity index (χ0) is 20.4. The molecule has 0 radical (unpaired) electrons. The number of amides is 1.